The molecule has 1 spiro atoms. The van der Waals surface area contributed by atoms with E-state index >= 15 is 0 Å². The summed E-state index contributed by atoms with van der Waals surface area (Å²) in [5.41, 5.74) is 1.39. The highest BCUT2D eigenvalue weighted by molar-refractivity contribution is 6.35. The van der Waals surface area contributed by atoms with Gasteiger partial charge in [-0.05, 0) is 37.5 Å². The summed E-state index contributed by atoms with van der Waals surface area (Å²) in [7, 11) is 0. The topological polar surface area (TPSA) is 98.7 Å². The van der Waals surface area contributed by atoms with E-state index in [0.717, 1.165) is 11.1 Å². The van der Waals surface area contributed by atoms with Crippen LogP contribution in [0.15, 0.2) is 42.5 Å². The Hall–Kier alpha value is -2.74. The number of imide groups is 1. The number of anilines is 1. The van der Waals surface area contributed by atoms with Crippen LogP contribution < -0.4 is 10.6 Å². The molecule has 32 heavy (non-hydrogen) atoms. The van der Waals surface area contributed by atoms with Crippen molar-refractivity contribution in [1.82, 2.24) is 10.2 Å². The van der Waals surface area contributed by atoms with Gasteiger partial charge in [0.25, 0.3) is 0 Å². The maximum absolute atomic E-state index is 13.6. The minimum Gasteiger partial charge on any atom is -0.392 e. The molecule has 0 aliphatic carbocycles. The van der Waals surface area contributed by atoms with E-state index in [4.69, 9.17) is 11.6 Å². The third kappa shape index (κ3) is 2.85. The first-order chi connectivity index (χ1) is 15.3. The lowest BCUT2D eigenvalue weighted by Gasteiger charge is -2.30. The summed E-state index contributed by atoms with van der Waals surface area (Å²) in [5.74, 6) is -2.97. The Morgan fingerprint density at radius 2 is 1.88 bits per heavy atom. The van der Waals surface area contributed by atoms with Crippen LogP contribution >= 0.6 is 11.6 Å². The number of carbonyl (C=O) groups is 3. The summed E-state index contributed by atoms with van der Waals surface area (Å²) in [4.78, 5) is 41.7. The fourth-order valence-electron chi connectivity index (χ4n) is 5.50. The van der Waals surface area contributed by atoms with Crippen molar-refractivity contribution in [2.45, 2.75) is 38.0 Å². The molecular formula is C24H24ClN3O4. The van der Waals surface area contributed by atoms with Gasteiger partial charge in [0.1, 0.15) is 5.54 Å². The number of aliphatic hydroxyl groups is 1. The van der Waals surface area contributed by atoms with E-state index in [1.54, 1.807) is 13.0 Å². The molecule has 166 valence electrons. The lowest BCUT2D eigenvalue weighted by Crippen LogP contribution is -2.55. The second kappa shape index (κ2) is 7.40. The molecule has 2 aromatic carbocycles. The van der Waals surface area contributed by atoms with Gasteiger partial charge in [0.05, 0.1) is 28.6 Å². The summed E-state index contributed by atoms with van der Waals surface area (Å²) < 4.78 is 0. The zero-order chi connectivity index (χ0) is 22.8. The van der Waals surface area contributed by atoms with Gasteiger partial charge in [-0.25, -0.2) is 0 Å². The minimum atomic E-state index is -1.45. The van der Waals surface area contributed by atoms with Crippen molar-refractivity contribution < 1.29 is 19.5 Å². The van der Waals surface area contributed by atoms with Crippen LogP contribution in [-0.4, -0.2) is 46.4 Å². The quantitative estimate of drug-likeness (QED) is 0.615. The molecule has 0 aromatic heterocycles. The van der Waals surface area contributed by atoms with Crippen molar-refractivity contribution in [3.05, 3.63) is 64.2 Å². The number of aliphatic hydroxyl groups excluding tert-OH is 1. The molecule has 3 N–H and O–H groups in total. The second-order valence-electron chi connectivity index (χ2n) is 8.91. The standard InChI is InChI=1S/C24H24ClN3O4/c1-12-10-15-20(16(25)11-12)26-23(32)24(15)18-17(19(27-24)13(2)29)21(30)28(22(18)31)9-8-14-6-4-3-5-7-14/h3-7,10-11,13,17-19,27,29H,8-9H2,1-2H3,(H,26,32)/t13-,17+,18+,19+,24+/m1/s1. The average molecular weight is 454 g/mol. The molecule has 3 amide bonds. The molecule has 2 saturated heterocycles. The zero-order valence-corrected chi connectivity index (χ0v) is 18.5. The molecule has 0 bridgehead atoms. The van der Waals surface area contributed by atoms with Gasteiger partial charge in [0, 0.05) is 18.2 Å². The summed E-state index contributed by atoms with van der Waals surface area (Å²) in [6.07, 6.45) is -0.421. The Morgan fingerprint density at radius 1 is 1.16 bits per heavy atom. The van der Waals surface area contributed by atoms with Crippen LogP contribution in [0.25, 0.3) is 0 Å². The second-order valence-corrected chi connectivity index (χ2v) is 9.32. The number of halogens is 1. The molecule has 3 aliphatic heterocycles. The molecule has 3 heterocycles. The Bertz CT molecular complexity index is 1140. The zero-order valence-electron chi connectivity index (χ0n) is 17.8. The number of nitrogens with one attached hydrogen (secondary N) is 2. The Balaban J connectivity index is 1.58. The normalized spacial score (nSPS) is 29.4. The number of carbonyl (C=O) groups excluding carboxylic acids is 3. The van der Waals surface area contributed by atoms with Gasteiger partial charge in [0.15, 0.2) is 0 Å². The smallest absolute Gasteiger partial charge is 0.250 e. The van der Waals surface area contributed by atoms with Gasteiger partial charge >= 0.3 is 0 Å². The highest BCUT2D eigenvalue weighted by Gasteiger charge is 2.71. The largest absolute Gasteiger partial charge is 0.392 e. The molecule has 5 rings (SSSR count). The van der Waals surface area contributed by atoms with Gasteiger partial charge in [-0.3, -0.25) is 24.6 Å². The third-order valence-electron chi connectivity index (χ3n) is 6.93. The summed E-state index contributed by atoms with van der Waals surface area (Å²) in [6, 6.07) is 12.4. The average Bonchev–Trinajstić information content (AvgIpc) is 3.34. The van der Waals surface area contributed by atoms with Crippen molar-refractivity contribution in [1.29, 1.82) is 0 Å². The molecular weight excluding hydrogens is 430 g/mol. The summed E-state index contributed by atoms with van der Waals surface area (Å²) in [5, 5.41) is 16.9. The molecule has 2 fully saturated rings. The van der Waals surface area contributed by atoms with Crippen molar-refractivity contribution in [2.75, 3.05) is 11.9 Å². The maximum atomic E-state index is 13.6. The van der Waals surface area contributed by atoms with Crippen molar-refractivity contribution in [3.63, 3.8) is 0 Å². The van der Waals surface area contributed by atoms with Crippen LogP contribution in [-0.2, 0) is 26.3 Å². The highest BCUT2D eigenvalue weighted by Crippen LogP contribution is 2.54. The first kappa shape index (κ1) is 21.1. The fourth-order valence-corrected chi connectivity index (χ4v) is 5.83. The monoisotopic (exact) mass is 453 g/mol. The fraction of sp³-hybridized carbons (Fsp3) is 0.375. The molecule has 2 aromatic rings. The number of aryl methyl sites for hydroxylation is 1. The van der Waals surface area contributed by atoms with Crippen LogP contribution in [0.5, 0.6) is 0 Å². The lowest BCUT2D eigenvalue weighted by atomic mass is 9.76. The van der Waals surface area contributed by atoms with Crippen LogP contribution in [0.4, 0.5) is 5.69 Å². The molecule has 5 atom stereocenters. The van der Waals surface area contributed by atoms with Gasteiger partial charge in [-0.2, -0.15) is 0 Å². The lowest BCUT2D eigenvalue weighted by molar-refractivity contribution is -0.143. The van der Waals surface area contributed by atoms with Gasteiger partial charge in [0.2, 0.25) is 17.7 Å². The number of hydrogen-bond donors (Lipinski definition) is 3. The van der Waals surface area contributed by atoms with E-state index < -0.39 is 41.3 Å². The van der Waals surface area contributed by atoms with Crippen LogP contribution in [0, 0.1) is 18.8 Å². The number of likely N-dealkylation sites (tertiary alicyclic amines) is 1. The molecule has 0 radical (unpaired) electrons. The van der Waals surface area contributed by atoms with Crippen LogP contribution in [0.2, 0.25) is 5.02 Å². The van der Waals surface area contributed by atoms with Crippen molar-refractivity contribution in [3.8, 4) is 0 Å². The SMILES string of the molecule is Cc1cc(Cl)c2c(c1)[C@@]1(N[C@@H]([C@@H](C)O)[C@H]3C(=O)N(CCc4ccccc4)C(=O)[C@H]31)C(=O)N2. The van der Waals surface area contributed by atoms with Crippen LogP contribution in [0.3, 0.4) is 0 Å². The highest BCUT2D eigenvalue weighted by atomic mass is 35.5. The number of amides is 3. The number of rotatable bonds is 4. The molecule has 0 saturated carbocycles. The Kier molecular flexibility index (Phi) is 4.89. The first-order valence-corrected chi connectivity index (χ1v) is 11.1. The van der Waals surface area contributed by atoms with Gasteiger partial charge < -0.3 is 10.4 Å². The number of hydrogen-bond acceptors (Lipinski definition) is 5. The molecule has 3 aliphatic rings. The van der Waals surface area contributed by atoms with E-state index in [2.05, 4.69) is 10.6 Å². The number of nitrogens with zero attached hydrogens (tertiary/aromatic N) is 1. The van der Waals surface area contributed by atoms with Gasteiger partial charge in [-0.1, -0.05) is 48.0 Å². The Labute approximate surface area is 190 Å². The first-order valence-electron chi connectivity index (χ1n) is 10.7. The van der Waals surface area contributed by atoms with E-state index in [-0.39, 0.29) is 12.5 Å². The summed E-state index contributed by atoms with van der Waals surface area (Å²) in [6.45, 7) is 3.64. The third-order valence-corrected chi connectivity index (χ3v) is 7.23. The maximum Gasteiger partial charge on any atom is 0.250 e. The molecule has 7 nitrogen and oxygen atoms in total. The predicted molar refractivity (Wildman–Crippen MR) is 119 cm³/mol. The molecule has 8 heteroatoms. The van der Waals surface area contributed by atoms with Crippen molar-refractivity contribution >= 4 is 35.0 Å². The van der Waals surface area contributed by atoms with E-state index in [0.29, 0.717) is 22.7 Å². The number of benzene rings is 2. The van der Waals surface area contributed by atoms with E-state index in [9.17, 15) is 19.5 Å². The predicted octanol–water partition coefficient (Wildman–Crippen LogP) is 1.99. The Morgan fingerprint density at radius 3 is 2.56 bits per heavy atom. The van der Waals surface area contributed by atoms with E-state index in [1.165, 1.54) is 4.90 Å². The number of fused-ring (bicyclic) bond motifs is 4. The van der Waals surface area contributed by atoms with Crippen LogP contribution in [0.1, 0.15) is 23.6 Å². The van der Waals surface area contributed by atoms with E-state index in [1.807, 2.05) is 43.3 Å². The minimum absolute atomic E-state index is 0.223. The van der Waals surface area contributed by atoms with Gasteiger partial charge in [-0.15, -0.1) is 0 Å². The molecule has 0 unspecified atom stereocenters. The van der Waals surface area contributed by atoms with Crippen molar-refractivity contribution in [2.24, 2.45) is 11.8 Å². The summed E-state index contributed by atoms with van der Waals surface area (Å²) >= 11 is 6.40.